The van der Waals surface area contributed by atoms with Crippen molar-refractivity contribution in [1.82, 2.24) is 0 Å². The Kier molecular flexibility index (Phi) is 8.15. The number of aliphatic hydroxyl groups is 2. The third-order valence-electron chi connectivity index (χ3n) is 7.39. The normalized spacial score (nSPS) is 22.6. The Morgan fingerprint density at radius 3 is 2.66 bits per heavy atom. The molecule has 2 amide bonds. The van der Waals surface area contributed by atoms with Gasteiger partial charge in [0, 0.05) is 28.1 Å². The number of aliphatic hydroxyl groups excluding tert-OH is 2. The first-order valence-corrected chi connectivity index (χ1v) is 13.1. The second-order valence-electron chi connectivity index (χ2n) is 9.90. The molecule has 2 aliphatic rings. The summed E-state index contributed by atoms with van der Waals surface area (Å²) in [5, 5.41) is 42.8. The standard InChI is InChI=1S/C28H29BrN2O7/c1-15(10-17-12-18(29)7-9-23(17)33)6-8-24(34)25-16(2)11-21-26(22(25)14-32)28(36)30(27(21)35)19-4-3-5-20(13-19)31(37)38/h3-5,7,9-10,12-13,21-22,24,26,32-34H,6,8,11,14H2,1-2H3/b15-10+/t21-,22+,24-,26-/m1/s1. The highest BCUT2D eigenvalue weighted by Crippen LogP contribution is 2.47. The molecule has 10 heteroatoms. The van der Waals surface area contributed by atoms with E-state index in [9.17, 15) is 35.0 Å². The number of imide groups is 1. The van der Waals surface area contributed by atoms with Crippen molar-refractivity contribution in [3.63, 3.8) is 0 Å². The molecule has 1 saturated heterocycles. The van der Waals surface area contributed by atoms with Crippen molar-refractivity contribution < 1.29 is 29.8 Å². The summed E-state index contributed by atoms with van der Waals surface area (Å²) in [4.78, 5) is 38.4. The Bertz CT molecular complexity index is 1350. The number of allylic oxidation sites excluding steroid dienone is 2. The van der Waals surface area contributed by atoms with Crippen molar-refractivity contribution in [1.29, 1.82) is 0 Å². The smallest absolute Gasteiger partial charge is 0.271 e. The average Bonchev–Trinajstić information content (AvgIpc) is 3.13. The third kappa shape index (κ3) is 5.29. The van der Waals surface area contributed by atoms with E-state index < -0.39 is 47.2 Å². The summed E-state index contributed by atoms with van der Waals surface area (Å²) >= 11 is 3.39. The second kappa shape index (κ2) is 11.2. The maximum Gasteiger partial charge on any atom is 0.271 e. The lowest BCUT2D eigenvalue weighted by molar-refractivity contribution is -0.384. The summed E-state index contributed by atoms with van der Waals surface area (Å²) in [5.41, 5.74) is 2.78. The van der Waals surface area contributed by atoms with Gasteiger partial charge in [-0.05, 0) is 62.9 Å². The number of halogens is 1. The predicted molar refractivity (Wildman–Crippen MR) is 145 cm³/mol. The molecule has 9 nitrogen and oxygen atoms in total. The molecule has 0 spiro atoms. The van der Waals surface area contributed by atoms with Crippen LogP contribution in [0.25, 0.3) is 6.08 Å². The van der Waals surface area contributed by atoms with Crippen LogP contribution in [-0.4, -0.2) is 44.8 Å². The summed E-state index contributed by atoms with van der Waals surface area (Å²) in [6.45, 7) is 3.27. The van der Waals surface area contributed by atoms with Crippen LogP contribution in [0.3, 0.4) is 0 Å². The molecule has 200 valence electrons. The number of phenols is 1. The zero-order valence-corrected chi connectivity index (χ0v) is 22.6. The molecule has 3 N–H and O–H groups in total. The van der Waals surface area contributed by atoms with Gasteiger partial charge in [-0.25, -0.2) is 4.90 Å². The zero-order chi connectivity index (χ0) is 27.7. The maximum atomic E-state index is 13.5. The van der Waals surface area contributed by atoms with Gasteiger partial charge in [-0.15, -0.1) is 0 Å². The van der Waals surface area contributed by atoms with Crippen molar-refractivity contribution in [3.8, 4) is 5.75 Å². The predicted octanol–water partition coefficient (Wildman–Crippen LogP) is 4.74. The number of nitro benzene ring substituents is 1. The monoisotopic (exact) mass is 584 g/mol. The van der Waals surface area contributed by atoms with Gasteiger partial charge in [0.2, 0.25) is 11.8 Å². The number of carbonyl (C=O) groups excluding carboxylic acids is 2. The lowest BCUT2D eigenvalue weighted by Gasteiger charge is -2.35. The number of hydrogen-bond donors (Lipinski definition) is 3. The zero-order valence-electron chi connectivity index (χ0n) is 21.0. The summed E-state index contributed by atoms with van der Waals surface area (Å²) < 4.78 is 0.827. The lowest BCUT2D eigenvalue weighted by atomic mass is 9.68. The minimum Gasteiger partial charge on any atom is -0.507 e. The number of nitrogens with zero attached hydrogens (tertiary/aromatic N) is 2. The number of anilines is 1. The van der Waals surface area contributed by atoms with Crippen molar-refractivity contribution in [3.05, 3.63) is 79.3 Å². The first-order valence-electron chi connectivity index (χ1n) is 12.3. The van der Waals surface area contributed by atoms with Gasteiger partial charge in [-0.3, -0.25) is 19.7 Å². The average molecular weight is 585 g/mol. The number of aromatic hydroxyl groups is 1. The molecular formula is C28H29BrN2O7. The molecule has 0 bridgehead atoms. The molecule has 4 rings (SSSR count). The van der Waals surface area contributed by atoms with E-state index in [4.69, 9.17) is 0 Å². The molecule has 0 saturated carbocycles. The quantitative estimate of drug-likeness (QED) is 0.176. The topological polar surface area (TPSA) is 141 Å². The molecule has 0 aromatic heterocycles. The molecule has 2 aromatic rings. The number of fused-ring (bicyclic) bond motifs is 1. The summed E-state index contributed by atoms with van der Waals surface area (Å²) in [6.07, 6.45) is 1.98. The third-order valence-corrected chi connectivity index (χ3v) is 7.88. The highest BCUT2D eigenvalue weighted by Gasteiger charge is 2.55. The van der Waals surface area contributed by atoms with E-state index in [1.54, 1.807) is 25.1 Å². The van der Waals surface area contributed by atoms with Gasteiger partial charge in [-0.2, -0.15) is 0 Å². The molecule has 2 aromatic carbocycles. The summed E-state index contributed by atoms with van der Waals surface area (Å²) in [7, 11) is 0. The molecule has 1 aliphatic heterocycles. The van der Waals surface area contributed by atoms with E-state index in [0.29, 0.717) is 24.0 Å². The number of non-ortho nitro benzene ring substituents is 1. The molecule has 38 heavy (non-hydrogen) atoms. The van der Waals surface area contributed by atoms with Crippen LogP contribution in [0.5, 0.6) is 5.75 Å². The van der Waals surface area contributed by atoms with E-state index in [1.165, 1.54) is 24.3 Å². The van der Waals surface area contributed by atoms with E-state index in [-0.39, 0.29) is 23.5 Å². The molecule has 4 atom stereocenters. The Morgan fingerprint density at radius 1 is 1.24 bits per heavy atom. The van der Waals surface area contributed by atoms with Crippen LogP contribution in [0.2, 0.25) is 0 Å². The Morgan fingerprint density at radius 2 is 1.97 bits per heavy atom. The number of nitro groups is 1. The van der Waals surface area contributed by atoms with Crippen LogP contribution >= 0.6 is 15.9 Å². The van der Waals surface area contributed by atoms with Gasteiger partial charge in [0.25, 0.3) is 5.69 Å². The van der Waals surface area contributed by atoms with Crippen LogP contribution in [0.1, 0.15) is 38.7 Å². The minimum atomic E-state index is -0.942. The first-order chi connectivity index (χ1) is 18.0. The van der Waals surface area contributed by atoms with Gasteiger partial charge in [0.05, 0.1) is 35.2 Å². The van der Waals surface area contributed by atoms with Gasteiger partial charge in [0.15, 0.2) is 0 Å². The Balaban J connectivity index is 1.55. The maximum absolute atomic E-state index is 13.5. The molecule has 0 radical (unpaired) electrons. The molecule has 0 unspecified atom stereocenters. The largest absolute Gasteiger partial charge is 0.507 e. The van der Waals surface area contributed by atoms with Crippen molar-refractivity contribution in [2.45, 2.75) is 39.2 Å². The minimum absolute atomic E-state index is 0.122. The molecule has 1 fully saturated rings. The van der Waals surface area contributed by atoms with E-state index in [1.807, 2.05) is 13.0 Å². The number of phenolic OH excluding ortho intramolecular Hbond substituents is 1. The number of rotatable bonds is 8. The van der Waals surface area contributed by atoms with E-state index in [2.05, 4.69) is 15.9 Å². The fourth-order valence-electron chi connectivity index (χ4n) is 5.62. The second-order valence-corrected chi connectivity index (χ2v) is 10.8. The van der Waals surface area contributed by atoms with Crippen LogP contribution in [0, 0.1) is 27.9 Å². The number of hydrogen-bond acceptors (Lipinski definition) is 7. The van der Waals surface area contributed by atoms with Gasteiger partial charge >= 0.3 is 0 Å². The van der Waals surface area contributed by atoms with Crippen molar-refractivity contribution in [2.24, 2.45) is 17.8 Å². The van der Waals surface area contributed by atoms with Crippen molar-refractivity contribution in [2.75, 3.05) is 11.5 Å². The molecule has 1 heterocycles. The van der Waals surface area contributed by atoms with E-state index >= 15 is 0 Å². The van der Waals surface area contributed by atoms with Crippen molar-refractivity contribution >= 4 is 45.2 Å². The lowest BCUT2D eigenvalue weighted by Crippen LogP contribution is -2.38. The van der Waals surface area contributed by atoms with Crippen LogP contribution in [-0.2, 0) is 9.59 Å². The molecular weight excluding hydrogens is 556 g/mol. The Labute approximate surface area is 228 Å². The van der Waals surface area contributed by atoms with E-state index in [0.717, 1.165) is 20.5 Å². The van der Waals surface area contributed by atoms with Crippen LogP contribution in [0.15, 0.2) is 63.7 Å². The number of carbonyl (C=O) groups is 2. The van der Waals surface area contributed by atoms with Gasteiger partial charge in [-0.1, -0.05) is 39.2 Å². The van der Waals surface area contributed by atoms with Crippen LogP contribution in [0.4, 0.5) is 11.4 Å². The van der Waals surface area contributed by atoms with Gasteiger partial charge in [0.1, 0.15) is 5.75 Å². The number of benzene rings is 2. The molecule has 1 aliphatic carbocycles. The summed E-state index contributed by atoms with van der Waals surface area (Å²) in [6, 6.07) is 10.5. The van der Waals surface area contributed by atoms with Gasteiger partial charge < -0.3 is 15.3 Å². The fraction of sp³-hybridized carbons (Fsp3) is 0.357. The highest BCUT2D eigenvalue weighted by molar-refractivity contribution is 9.10. The fourth-order valence-corrected chi connectivity index (χ4v) is 5.99. The SMILES string of the molecule is CC1=C([C@H](O)CC/C(C)=C/c2cc(Br)ccc2O)[C@H](CO)[C@@H]2C(=O)N(c3cccc([N+](=O)[O-])c3)C(=O)[C@@H]2C1. The highest BCUT2D eigenvalue weighted by atomic mass is 79.9. The van der Waals surface area contributed by atoms with Crippen LogP contribution < -0.4 is 4.90 Å². The first kappa shape index (κ1) is 27.7. The Hall–Kier alpha value is -3.34. The summed E-state index contributed by atoms with van der Waals surface area (Å²) in [5.74, 6) is -3.17. The number of amides is 2.